The molecule has 3 heteroatoms. The molecular weight excluding hydrogens is 200 g/mol. The summed E-state index contributed by atoms with van der Waals surface area (Å²) in [5.41, 5.74) is 9.08. The maximum absolute atomic E-state index is 9.20. The smallest absolute Gasteiger partial charge is 0.123 e. The van der Waals surface area contributed by atoms with Crippen LogP contribution in [0.4, 0.5) is 0 Å². The molecule has 1 aromatic rings. The van der Waals surface area contributed by atoms with Gasteiger partial charge in [-0.1, -0.05) is 23.8 Å². The van der Waals surface area contributed by atoms with Gasteiger partial charge in [0.1, 0.15) is 5.41 Å². The van der Waals surface area contributed by atoms with E-state index in [0.717, 1.165) is 11.1 Å². The Labute approximate surface area is 95.8 Å². The third-order valence-electron chi connectivity index (χ3n) is 3.30. The van der Waals surface area contributed by atoms with Gasteiger partial charge in [-0.05, 0) is 25.0 Å². The summed E-state index contributed by atoms with van der Waals surface area (Å²) in [6.07, 6.45) is 0. The molecule has 2 N–H and O–H groups in total. The number of ether oxygens (including phenoxy) is 1. The summed E-state index contributed by atoms with van der Waals surface area (Å²) in [5, 5.41) is 9.20. The fourth-order valence-electron chi connectivity index (χ4n) is 2.11. The van der Waals surface area contributed by atoms with Crippen LogP contribution in [-0.4, -0.2) is 13.2 Å². The molecule has 1 aliphatic rings. The van der Waals surface area contributed by atoms with Crippen molar-refractivity contribution in [3.63, 3.8) is 0 Å². The lowest BCUT2D eigenvalue weighted by Crippen LogP contribution is -2.49. The Morgan fingerprint density at radius 1 is 1.44 bits per heavy atom. The van der Waals surface area contributed by atoms with Crippen LogP contribution in [0.1, 0.15) is 22.7 Å². The van der Waals surface area contributed by atoms with Crippen LogP contribution in [-0.2, 0) is 4.74 Å². The molecule has 0 radical (unpaired) electrons. The Kier molecular flexibility index (Phi) is 2.71. The highest BCUT2D eigenvalue weighted by atomic mass is 16.5. The lowest BCUT2D eigenvalue weighted by molar-refractivity contribution is -0.0911. The van der Waals surface area contributed by atoms with Crippen LogP contribution in [0.3, 0.4) is 0 Å². The van der Waals surface area contributed by atoms with E-state index < -0.39 is 5.41 Å². The van der Waals surface area contributed by atoms with Crippen molar-refractivity contribution < 1.29 is 4.74 Å². The molecule has 1 unspecified atom stereocenters. The molecule has 1 aromatic carbocycles. The van der Waals surface area contributed by atoms with Crippen LogP contribution in [0.5, 0.6) is 0 Å². The minimum absolute atomic E-state index is 0.258. The predicted molar refractivity (Wildman–Crippen MR) is 61.7 cm³/mol. The van der Waals surface area contributed by atoms with E-state index in [1.54, 1.807) is 0 Å². The number of aryl methyl sites for hydroxylation is 2. The summed E-state index contributed by atoms with van der Waals surface area (Å²) in [6.45, 7) is 4.97. The van der Waals surface area contributed by atoms with Gasteiger partial charge in [0.2, 0.25) is 0 Å². The SMILES string of the molecule is Cc1ccc(C(N)C2(C#N)COC2)c(C)c1. The van der Waals surface area contributed by atoms with E-state index in [4.69, 9.17) is 10.5 Å². The second kappa shape index (κ2) is 3.89. The molecule has 0 aromatic heterocycles. The van der Waals surface area contributed by atoms with E-state index in [1.807, 2.05) is 19.1 Å². The number of benzene rings is 1. The average molecular weight is 216 g/mol. The molecule has 1 atom stereocenters. The first-order valence-electron chi connectivity index (χ1n) is 5.41. The van der Waals surface area contributed by atoms with Crippen LogP contribution >= 0.6 is 0 Å². The fraction of sp³-hybridized carbons (Fsp3) is 0.462. The summed E-state index contributed by atoms with van der Waals surface area (Å²) >= 11 is 0. The molecule has 1 aliphatic heterocycles. The molecule has 0 amide bonds. The Balaban J connectivity index is 2.34. The predicted octanol–water partition coefficient (Wildman–Crippen LogP) is 1.84. The van der Waals surface area contributed by atoms with Crippen LogP contribution in [0.15, 0.2) is 18.2 Å². The molecule has 0 bridgehead atoms. The Morgan fingerprint density at radius 3 is 2.56 bits per heavy atom. The summed E-state index contributed by atoms with van der Waals surface area (Å²) in [5.74, 6) is 0. The first-order valence-corrected chi connectivity index (χ1v) is 5.41. The maximum atomic E-state index is 9.20. The molecule has 1 heterocycles. The Hall–Kier alpha value is -1.37. The summed E-state index contributed by atoms with van der Waals surface area (Å²) in [7, 11) is 0. The highest BCUT2D eigenvalue weighted by Gasteiger charge is 2.45. The molecule has 2 rings (SSSR count). The summed E-state index contributed by atoms with van der Waals surface area (Å²) < 4.78 is 5.13. The van der Waals surface area contributed by atoms with Gasteiger partial charge in [0.25, 0.3) is 0 Å². The average Bonchev–Trinajstić information content (AvgIpc) is 2.16. The zero-order valence-electron chi connectivity index (χ0n) is 9.66. The van der Waals surface area contributed by atoms with E-state index in [9.17, 15) is 5.26 Å². The van der Waals surface area contributed by atoms with Gasteiger partial charge in [-0.2, -0.15) is 5.26 Å². The standard InChI is InChI=1S/C13H16N2O/c1-9-3-4-11(10(2)5-9)12(15)13(6-14)7-16-8-13/h3-5,12H,7-8,15H2,1-2H3. The van der Waals surface area contributed by atoms with Crippen LogP contribution in [0, 0.1) is 30.6 Å². The van der Waals surface area contributed by atoms with Gasteiger partial charge in [-0.15, -0.1) is 0 Å². The minimum Gasteiger partial charge on any atom is -0.378 e. The van der Waals surface area contributed by atoms with Crippen molar-refractivity contribution >= 4 is 0 Å². The van der Waals surface area contributed by atoms with Crippen molar-refractivity contribution in [2.45, 2.75) is 19.9 Å². The molecular formula is C13H16N2O. The Morgan fingerprint density at radius 2 is 2.12 bits per heavy atom. The van der Waals surface area contributed by atoms with Gasteiger partial charge >= 0.3 is 0 Å². The van der Waals surface area contributed by atoms with Crippen molar-refractivity contribution in [2.24, 2.45) is 11.1 Å². The Bertz CT molecular complexity index is 444. The fourth-order valence-corrected chi connectivity index (χ4v) is 2.11. The largest absolute Gasteiger partial charge is 0.378 e. The van der Waals surface area contributed by atoms with E-state index in [2.05, 4.69) is 19.1 Å². The summed E-state index contributed by atoms with van der Waals surface area (Å²) in [4.78, 5) is 0. The van der Waals surface area contributed by atoms with Crippen molar-refractivity contribution in [1.29, 1.82) is 5.26 Å². The number of nitrogens with zero attached hydrogens (tertiary/aromatic N) is 1. The second-order valence-corrected chi connectivity index (χ2v) is 4.60. The van der Waals surface area contributed by atoms with Crippen molar-refractivity contribution in [3.8, 4) is 6.07 Å². The molecule has 0 saturated carbocycles. The molecule has 0 aliphatic carbocycles. The summed E-state index contributed by atoms with van der Waals surface area (Å²) in [6, 6.07) is 8.20. The quantitative estimate of drug-likeness (QED) is 0.820. The van der Waals surface area contributed by atoms with Gasteiger partial charge in [0.15, 0.2) is 0 Å². The van der Waals surface area contributed by atoms with E-state index in [1.165, 1.54) is 5.56 Å². The normalized spacial score (nSPS) is 19.6. The van der Waals surface area contributed by atoms with E-state index >= 15 is 0 Å². The van der Waals surface area contributed by atoms with E-state index in [-0.39, 0.29) is 6.04 Å². The van der Waals surface area contributed by atoms with Gasteiger partial charge < -0.3 is 10.5 Å². The first kappa shape index (κ1) is 11.1. The number of hydrogen-bond acceptors (Lipinski definition) is 3. The lowest BCUT2D eigenvalue weighted by Gasteiger charge is -2.40. The van der Waals surface area contributed by atoms with Gasteiger partial charge in [-0.3, -0.25) is 0 Å². The van der Waals surface area contributed by atoms with Crippen LogP contribution in [0.2, 0.25) is 0 Å². The highest BCUT2D eigenvalue weighted by Crippen LogP contribution is 2.39. The molecule has 16 heavy (non-hydrogen) atoms. The molecule has 3 nitrogen and oxygen atoms in total. The zero-order valence-corrected chi connectivity index (χ0v) is 9.66. The minimum atomic E-state index is -0.528. The third-order valence-corrected chi connectivity index (χ3v) is 3.30. The van der Waals surface area contributed by atoms with Gasteiger partial charge in [-0.25, -0.2) is 0 Å². The third kappa shape index (κ3) is 1.60. The number of rotatable bonds is 2. The molecule has 1 saturated heterocycles. The van der Waals surface area contributed by atoms with E-state index in [0.29, 0.717) is 13.2 Å². The number of hydrogen-bond donors (Lipinski definition) is 1. The van der Waals surface area contributed by atoms with Gasteiger partial charge in [0.05, 0.1) is 25.3 Å². The van der Waals surface area contributed by atoms with Crippen molar-refractivity contribution in [3.05, 3.63) is 34.9 Å². The maximum Gasteiger partial charge on any atom is 0.123 e. The van der Waals surface area contributed by atoms with Crippen molar-refractivity contribution in [1.82, 2.24) is 0 Å². The van der Waals surface area contributed by atoms with Gasteiger partial charge in [0, 0.05) is 0 Å². The monoisotopic (exact) mass is 216 g/mol. The first-order chi connectivity index (χ1) is 7.59. The van der Waals surface area contributed by atoms with Crippen LogP contribution in [0.25, 0.3) is 0 Å². The topological polar surface area (TPSA) is 59.0 Å². The number of nitrogens with two attached hydrogens (primary N) is 1. The molecule has 84 valence electrons. The zero-order chi connectivity index (χ0) is 11.8. The van der Waals surface area contributed by atoms with Crippen molar-refractivity contribution in [2.75, 3.05) is 13.2 Å². The highest BCUT2D eigenvalue weighted by molar-refractivity contribution is 5.35. The molecule has 1 fully saturated rings. The lowest BCUT2D eigenvalue weighted by atomic mass is 9.76. The molecule has 0 spiro atoms. The van der Waals surface area contributed by atoms with Crippen LogP contribution < -0.4 is 5.73 Å². The second-order valence-electron chi connectivity index (χ2n) is 4.60. The number of nitriles is 1.